The van der Waals surface area contributed by atoms with Gasteiger partial charge >= 0.3 is 0 Å². The maximum atomic E-state index is 13.1. The fraction of sp³-hybridized carbons (Fsp3) is 0.636. The zero-order valence-corrected chi connectivity index (χ0v) is 10.5. The van der Waals surface area contributed by atoms with Crippen LogP contribution in [0.5, 0.6) is 5.88 Å². The van der Waals surface area contributed by atoms with Gasteiger partial charge in [-0.2, -0.15) is 9.37 Å². The summed E-state index contributed by atoms with van der Waals surface area (Å²) in [6.07, 6.45) is 1.17. The van der Waals surface area contributed by atoms with E-state index in [1.807, 2.05) is 7.05 Å². The summed E-state index contributed by atoms with van der Waals surface area (Å²) in [6.45, 7) is 3.10. The number of aromatic nitrogens is 2. The molecule has 1 saturated heterocycles. The van der Waals surface area contributed by atoms with Crippen molar-refractivity contribution in [1.29, 1.82) is 0 Å². The van der Waals surface area contributed by atoms with Crippen LogP contribution in [0.4, 0.5) is 10.3 Å². The normalized spacial score (nSPS) is 20.7. The SMILES string of the molecule is COc1nc(NC[C@H]2CN(C)CCO2)ncc1F. The van der Waals surface area contributed by atoms with E-state index in [0.29, 0.717) is 12.5 Å². The van der Waals surface area contributed by atoms with Gasteiger partial charge in [0.25, 0.3) is 5.88 Å². The lowest BCUT2D eigenvalue weighted by atomic mass is 10.3. The lowest BCUT2D eigenvalue weighted by molar-refractivity contribution is -0.0118. The summed E-state index contributed by atoms with van der Waals surface area (Å²) in [6, 6.07) is 0. The van der Waals surface area contributed by atoms with Gasteiger partial charge in [0.1, 0.15) is 0 Å². The number of nitrogens with one attached hydrogen (secondary N) is 1. The number of morpholine rings is 1. The Balaban J connectivity index is 1.89. The molecular formula is C11H17FN4O2. The molecule has 100 valence electrons. The molecular weight excluding hydrogens is 239 g/mol. The fourth-order valence-corrected chi connectivity index (χ4v) is 1.78. The Kier molecular flexibility index (Phi) is 4.27. The van der Waals surface area contributed by atoms with Gasteiger partial charge in [0.2, 0.25) is 11.8 Å². The highest BCUT2D eigenvalue weighted by molar-refractivity contribution is 5.28. The van der Waals surface area contributed by atoms with E-state index in [9.17, 15) is 4.39 Å². The van der Waals surface area contributed by atoms with E-state index in [1.54, 1.807) is 0 Å². The van der Waals surface area contributed by atoms with Crippen LogP contribution >= 0.6 is 0 Å². The van der Waals surface area contributed by atoms with Crippen LogP contribution in [0.25, 0.3) is 0 Å². The zero-order valence-electron chi connectivity index (χ0n) is 10.5. The first kappa shape index (κ1) is 13.0. The van der Waals surface area contributed by atoms with Crippen LogP contribution in [0.3, 0.4) is 0 Å². The van der Waals surface area contributed by atoms with Crippen LogP contribution in [-0.2, 0) is 4.74 Å². The summed E-state index contributed by atoms with van der Waals surface area (Å²) < 4.78 is 23.5. The van der Waals surface area contributed by atoms with E-state index in [2.05, 4.69) is 20.2 Å². The Morgan fingerprint density at radius 2 is 2.50 bits per heavy atom. The molecule has 18 heavy (non-hydrogen) atoms. The third-order valence-electron chi connectivity index (χ3n) is 2.74. The van der Waals surface area contributed by atoms with Gasteiger partial charge < -0.3 is 19.7 Å². The van der Waals surface area contributed by atoms with Gasteiger partial charge in [-0.25, -0.2) is 4.98 Å². The minimum Gasteiger partial charge on any atom is -0.479 e. The molecule has 1 fully saturated rings. The van der Waals surface area contributed by atoms with Crippen molar-refractivity contribution >= 4 is 5.95 Å². The van der Waals surface area contributed by atoms with Crippen LogP contribution in [-0.4, -0.2) is 61.4 Å². The monoisotopic (exact) mass is 256 g/mol. The Morgan fingerprint density at radius 3 is 3.22 bits per heavy atom. The molecule has 2 heterocycles. The number of rotatable bonds is 4. The molecule has 1 atom stereocenters. The highest BCUT2D eigenvalue weighted by Crippen LogP contribution is 2.13. The smallest absolute Gasteiger partial charge is 0.255 e. The largest absolute Gasteiger partial charge is 0.479 e. The number of likely N-dealkylation sites (N-methyl/N-ethyl adjacent to an activating group) is 1. The summed E-state index contributed by atoms with van der Waals surface area (Å²) in [5.41, 5.74) is 0. The van der Waals surface area contributed by atoms with Gasteiger partial charge in [0.15, 0.2) is 0 Å². The van der Waals surface area contributed by atoms with Gasteiger partial charge in [-0.15, -0.1) is 0 Å². The molecule has 0 unspecified atom stereocenters. The van der Waals surface area contributed by atoms with Crippen LogP contribution in [0.15, 0.2) is 6.20 Å². The average Bonchev–Trinajstić information content (AvgIpc) is 2.38. The quantitative estimate of drug-likeness (QED) is 0.839. The van der Waals surface area contributed by atoms with Crippen molar-refractivity contribution in [1.82, 2.24) is 14.9 Å². The first-order valence-electron chi connectivity index (χ1n) is 5.79. The third kappa shape index (κ3) is 3.27. The number of halogens is 1. The number of hydrogen-bond donors (Lipinski definition) is 1. The Morgan fingerprint density at radius 1 is 1.67 bits per heavy atom. The summed E-state index contributed by atoms with van der Waals surface area (Å²) in [5, 5.41) is 3.02. The summed E-state index contributed by atoms with van der Waals surface area (Å²) in [4.78, 5) is 9.95. The molecule has 1 aliphatic rings. The van der Waals surface area contributed by atoms with E-state index < -0.39 is 5.82 Å². The maximum Gasteiger partial charge on any atom is 0.255 e. The summed E-state index contributed by atoms with van der Waals surface area (Å²) >= 11 is 0. The minimum absolute atomic E-state index is 0.0609. The molecule has 0 saturated carbocycles. The predicted octanol–water partition coefficient (Wildman–Crippen LogP) is 0.367. The number of hydrogen-bond acceptors (Lipinski definition) is 6. The van der Waals surface area contributed by atoms with Crippen LogP contribution in [0, 0.1) is 5.82 Å². The number of methoxy groups -OCH3 is 1. The standard InChI is InChI=1S/C11H17FN4O2/c1-16-3-4-18-8(7-16)5-13-11-14-6-9(12)10(15-11)17-2/h6,8H,3-5,7H2,1-2H3,(H,13,14,15)/t8-/m0/s1. The number of nitrogens with zero attached hydrogens (tertiary/aromatic N) is 3. The molecule has 1 aliphatic heterocycles. The van der Waals surface area contributed by atoms with Crippen molar-refractivity contribution in [3.8, 4) is 5.88 Å². The molecule has 0 aliphatic carbocycles. The van der Waals surface area contributed by atoms with E-state index in [1.165, 1.54) is 7.11 Å². The van der Waals surface area contributed by atoms with Crippen molar-refractivity contribution in [3.05, 3.63) is 12.0 Å². The van der Waals surface area contributed by atoms with Crippen molar-refractivity contribution in [2.45, 2.75) is 6.10 Å². The Hall–Kier alpha value is -1.47. The molecule has 6 nitrogen and oxygen atoms in total. The van der Waals surface area contributed by atoms with E-state index in [-0.39, 0.29) is 12.0 Å². The fourth-order valence-electron chi connectivity index (χ4n) is 1.78. The van der Waals surface area contributed by atoms with Gasteiger partial charge in [-0.3, -0.25) is 0 Å². The molecule has 0 spiro atoms. The first-order valence-corrected chi connectivity index (χ1v) is 5.79. The lowest BCUT2D eigenvalue weighted by Gasteiger charge is -2.30. The molecule has 0 aromatic carbocycles. The third-order valence-corrected chi connectivity index (χ3v) is 2.74. The summed E-state index contributed by atoms with van der Waals surface area (Å²) in [5.74, 6) is -0.295. The first-order chi connectivity index (χ1) is 8.69. The van der Waals surface area contributed by atoms with Gasteiger partial charge in [0.05, 0.1) is 26.0 Å². The zero-order chi connectivity index (χ0) is 13.0. The lowest BCUT2D eigenvalue weighted by Crippen LogP contribution is -2.43. The Bertz CT molecular complexity index is 405. The topological polar surface area (TPSA) is 59.5 Å². The minimum atomic E-state index is -0.573. The maximum absolute atomic E-state index is 13.1. The van der Waals surface area contributed by atoms with E-state index in [4.69, 9.17) is 9.47 Å². The van der Waals surface area contributed by atoms with Crippen molar-refractivity contribution in [3.63, 3.8) is 0 Å². The molecule has 7 heteroatoms. The van der Waals surface area contributed by atoms with Gasteiger partial charge in [-0.1, -0.05) is 0 Å². The second-order valence-corrected chi connectivity index (χ2v) is 4.19. The molecule has 0 radical (unpaired) electrons. The summed E-state index contributed by atoms with van der Waals surface area (Å²) in [7, 11) is 3.42. The highest BCUT2D eigenvalue weighted by Gasteiger charge is 2.17. The van der Waals surface area contributed by atoms with Gasteiger partial charge in [-0.05, 0) is 7.05 Å². The number of anilines is 1. The molecule has 0 bridgehead atoms. The van der Waals surface area contributed by atoms with Crippen LogP contribution in [0.1, 0.15) is 0 Å². The molecule has 2 rings (SSSR count). The molecule has 1 aromatic rings. The molecule has 1 aromatic heterocycles. The second kappa shape index (κ2) is 5.92. The predicted molar refractivity (Wildman–Crippen MR) is 64.3 cm³/mol. The van der Waals surface area contributed by atoms with Crippen molar-refractivity contribution in [2.24, 2.45) is 0 Å². The van der Waals surface area contributed by atoms with Gasteiger partial charge in [0, 0.05) is 19.6 Å². The molecule has 1 N–H and O–H groups in total. The second-order valence-electron chi connectivity index (χ2n) is 4.19. The van der Waals surface area contributed by atoms with Crippen molar-refractivity contribution in [2.75, 3.05) is 45.7 Å². The highest BCUT2D eigenvalue weighted by atomic mass is 19.1. The van der Waals surface area contributed by atoms with Crippen LogP contribution < -0.4 is 10.1 Å². The molecule has 0 amide bonds. The van der Waals surface area contributed by atoms with E-state index >= 15 is 0 Å². The number of ether oxygens (including phenoxy) is 2. The van der Waals surface area contributed by atoms with E-state index in [0.717, 1.165) is 25.9 Å². The van der Waals surface area contributed by atoms with Crippen LogP contribution in [0.2, 0.25) is 0 Å². The van der Waals surface area contributed by atoms with Crippen molar-refractivity contribution < 1.29 is 13.9 Å². The Labute approximate surface area is 105 Å². The average molecular weight is 256 g/mol.